The minimum Gasteiger partial charge on any atom is -0.872 e. The van der Waals surface area contributed by atoms with Gasteiger partial charge in [-0.25, -0.2) is 4.98 Å². The Morgan fingerprint density at radius 1 is 1.22 bits per heavy atom. The summed E-state index contributed by atoms with van der Waals surface area (Å²) in [5.41, 5.74) is 1.60. The Hall–Kier alpha value is -3.04. The number of morpholine rings is 1. The van der Waals surface area contributed by atoms with Gasteiger partial charge in [-0.3, -0.25) is 15.1 Å². The predicted molar refractivity (Wildman–Crippen MR) is 102 cm³/mol. The molecule has 0 N–H and O–H groups in total. The summed E-state index contributed by atoms with van der Waals surface area (Å²) in [6.45, 7) is 3.05. The molecule has 138 valence electrons. The molecule has 0 saturated carbocycles. The third-order valence-corrected chi connectivity index (χ3v) is 5.28. The van der Waals surface area contributed by atoms with Gasteiger partial charge in [0.2, 0.25) is 0 Å². The fourth-order valence-corrected chi connectivity index (χ4v) is 3.82. The van der Waals surface area contributed by atoms with Gasteiger partial charge in [-0.05, 0) is 23.8 Å². The smallest absolute Gasteiger partial charge is 0.270 e. The number of ether oxygens (including phenoxy) is 1. The first-order valence-corrected chi connectivity index (χ1v) is 9.14. The van der Waals surface area contributed by atoms with Crippen molar-refractivity contribution in [2.75, 3.05) is 31.2 Å². The van der Waals surface area contributed by atoms with Crippen molar-refractivity contribution < 1.29 is 14.8 Å². The average molecular weight is 383 g/mol. The van der Waals surface area contributed by atoms with Crippen LogP contribution in [0.3, 0.4) is 0 Å². The fraction of sp³-hybridized carbons (Fsp3) is 0.222. The van der Waals surface area contributed by atoms with E-state index in [0.29, 0.717) is 18.9 Å². The number of nitro benzene ring substituents is 1. The molecule has 0 aliphatic carbocycles. The highest BCUT2D eigenvalue weighted by Crippen LogP contribution is 2.32. The fourth-order valence-electron chi connectivity index (χ4n) is 2.77. The van der Waals surface area contributed by atoms with Crippen LogP contribution in [0.5, 0.6) is 5.75 Å². The summed E-state index contributed by atoms with van der Waals surface area (Å²) >= 11 is 1.58. The number of non-ortho nitro benzene ring substituents is 1. The maximum Gasteiger partial charge on any atom is 0.270 e. The maximum atomic E-state index is 11.9. The number of thiazole rings is 1. The molecule has 4 rings (SSSR count). The van der Waals surface area contributed by atoms with Crippen LogP contribution < -0.4 is 10.0 Å². The number of aromatic nitrogens is 1. The van der Waals surface area contributed by atoms with Gasteiger partial charge in [-0.2, -0.15) is 0 Å². The van der Waals surface area contributed by atoms with Gasteiger partial charge in [0.1, 0.15) is 0 Å². The first-order chi connectivity index (χ1) is 13.1. The van der Waals surface area contributed by atoms with Crippen molar-refractivity contribution >= 4 is 44.3 Å². The number of aliphatic imine (C=N–C) groups is 1. The Bertz CT molecular complexity index is 1030. The molecule has 1 aliphatic heterocycles. The lowest BCUT2D eigenvalue weighted by atomic mass is 10.2. The average Bonchev–Trinajstić information content (AvgIpc) is 3.11. The molecular weight excluding hydrogens is 368 g/mol. The molecule has 2 aromatic carbocycles. The standard InChI is InChI=1S/C18H16N4O4S/c23-16-4-2-14(22(24)25)9-12(16)11-19-13-1-3-15-17(10-13)27-18(20-15)21-5-7-26-8-6-21/h1-4,9-11,23H,5-8H2/p-1. The third-order valence-electron chi connectivity index (χ3n) is 4.20. The van der Waals surface area contributed by atoms with Crippen LogP contribution in [0.4, 0.5) is 16.5 Å². The second-order valence-corrected chi connectivity index (χ2v) is 6.99. The van der Waals surface area contributed by atoms with Gasteiger partial charge in [0.25, 0.3) is 5.69 Å². The predicted octanol–water partition coefficient (Wildman–Crippen LogP) is 2.87. The van der Waals surface area contributed by atoms with Crippen LogP contribution in [0.1, 0.15) is 5.56 Å². The van der Waals surface area contributed by atoms with E-state index in [-0.39, 0.29) is 17.0 Å². The van der Waals surface area contributed by atoms with Crippen LogP contribution in [0.2, 0.25) is 0 Å². The Balaban J connectivity index is 1.60. The third kappa shape index (κ3) is 3.74. The number of rotatable bonds is 4. The quantitative estimate of drug-likeness (QED) is 0.390. The van der Waals surface area contributed by atoms with E-state index in [9.17, 15) is 15.2 Å². The molecular formula is C18H15N4O4S-. The molecule has 0 radical (unpaired) electrons. The number of hydrogen-bond donors (Lipinski definition) is 0. The molecule has 0 bridgehead atoms. The highest BCUT2D eigenvalue weighted by Gasteiger charge is 2.15. The van der Waals surface area contributed by atoms with E-state index < -0.39 is 4.92 Å². The summed E-state index contributed by atoms with van der Waals surface area (Å²) in [6, 6.07) is 9.19. The van der Waals surface area contributed by atoms with E-state index >= 15 is 0 Å². The number of nitrogens with zero attached hydrogens (tertiary/aromatic N) is 4. The number of anilines is 1. The summed E-state index contributed by atoms with van der Waals surface area (Å²) < 4.78 is 6.36. The summed E-state index contributed by atoms with van der Waals surface area (Å²) in [4.78, 5) is 21.5. The number of fused-ring (bicyclic) bond motifs is 1. The molecule has 2 heterocycles. The summed E-state index contributed by atoms with van der Waals surface area (Å²) in [7, 11) is 0. The molecule has 3 aromatic rings. The Labute approximate surface area is 158 Å². The molecule has 1 saturated heterocycles. The zero-order valence-electron chi connectivity index (χ0n) is 14.2. The number of nitro groups is 1. The lowest BCUT2D eigenvalue weighted by molar-refractivity contribution is -0.385. The van der Waals surface area contributed by atoms with Crippen LogP contribution >= 0.6 is 11.3 Å². The van der Waals surface area contributed by atoms with E-state index in [1.807, 2.05) is 18.2 Å². The number of benzene rings is 2. The molecule has 0 amide bonds. The minimum absolute atomic E-state index is 0.135. The first-order valence-electron chi connectivity index (χ1n) is 8.33. The highest BCUT2D eigenvalue weighted by atomic mass is 32.1. The van der Waals surface area contributed by atoms with Crippen molar-refractivity contribution in [3.05, 3.63) is 52.1 Å². The van der Waals surface area contributed by atoms with E-state index in [2.05, 4.69) is 14.9 Å². The van der Waals surface area contributed by atoms with Gasteiger partial charge in [0.05, 0.1) is 34.0 Å². The first kappa shape index (κ1) is 17.4. The van der Waals surface area contributed by atoms with Crippen molar-refractivity contribution in [1.29, 1.82) is 0 Å². The van der Waals surface area contributed by atoms with Crippen molar-refractivity contribution in [3.8, 4) is 5.75 Å². The molecule has 0 spiro atoms. The van der Waals surface area contributed by atoms with E-state index in [1.165, 1.54) is 24.4 Å². The van der Waals surface area contributed by atoms with Crippen LogP contribution in [-0.2, 0) is 4.74 Å². The molecule has 1 fully saturated rings. The molecule has 1 aliphatic rings. The molecule has 1 aromatic heterocycles. The Kier molecular flexibility index (Phi) is 4.69. The Morgan fingerprint density at radius 2 is 2.04 bits per heavy atom. The van der Waals surface area contributed by atoms with Crippen molar-refractivity contribution in [3.63, 3.8) is 0 Å². The molecule has 8 nitrogen and oxygen atoms in total. The molecule has 0 atom stereocenters. The normalized spacial score (nSPS) is 14.9. The van der Waals surface area contributed by atoms with Crippen molar-refractivity contribution in [1.82, 2.24) is 4.98 Å². The van der Waals surface area contributed by atoms with Crippen LogP contribution in [0, 0.1) is 10.1 Å². The monoisotopic (exact) mass is 383 g/mol. The lowest BCUT2D eigenvalue weighted by Crippen LogP contribution is -2.36. The van der Waals surface area contributed by atoms with Gasteiger partial charge in [0, 0.05) is 31.4 Å². The second kappa shape index (κ2) is 7.29. The lowest BCUT2D eigenvalue weighted by Gasteiger charge is -2.25. The van der Waals surface area contributed by atoms with Crippen molar-refractivity contribution in [2.45, 2.75) is 0 Å². The maximum absolute atomic E-state index is 11.9. The second-order valence-electron chi connectivity index (χ2n) is 5.99. The van der Waals surface area contributed by atoms with Gasteiger partial charge < -0.3 is 14.7 Å². The van der Waals surface area contributed by atoms with Crippen molar-refractivity contribution in [2.24, 2.45) is 4.99 Å². The zero-order chi connectivity index (χ0) is 18.8. The zero-order valence-corrected chi connectivity index (χ0v) is 15.0. The topological polar surface area (TPSA) is 104 Å². The van der Waals surface area contributed by atoms with E-state index in [1.54, 1.807) is 11.3 Å². The molecule has 9 heteroatoms. The van der Waals surface area contributed by atoms with Crippen LogP contribution in [0.15, 0.2) is 41.4 Å². The summed E-state index contributed by atoms with van der Waals surface area (Å²) in [5.74, 6) is -0.308. The summed E-state index contributed by atoms with van der Waals surface area (Å²) in [6.07, 6.45) is 1.36. The number of hydrogen-bond acceptors (Lipinski definition) is 8. The SMILES string of the molecule is O=[N+]([O-])c1ccc([O-])c(C=Nc2ccc3nc(N4CCOCC4)sc3c2)c1. The van der Waals surface area contributed by atoms with Crippen LogP contribution in [-0.4, -0.2) is 42.4 Å². The largest absolute Gasteiger partial charge is 0.872 e. The molecule has 0 unspecified atom stereocenters. The highest BCUT2D eigenvalue weighted by molar-refractivity contribution is 7.22. The van der Waals surface area contributed by atoms with Crippen LogP contribution in [0.25, 0.3) is 10.2 Å². The van der Waals surface area contributed by atoms with Gasteiger partial charge in [0.15, 0.2) is 5.13 Å². The minimum atomic E-state index is -0.534. The van der Waals surface area contributed by atoms with E-state index in [4.69, 9.17) is 4.74 Å². The van der Waals surface area contributed by atoms with Gasteiger partial charge in [-0.1, -0.05) is 23.2 Å². The Morgan fingerprint density at radius 3 is 2.81 bits per heavy atom. The summed E-state index contributed by atoms with van der Waals surface area (Å²) in [5, 5.41) is 23.7. The molecule has 27 heavy (non-hydrogen) atoms. The van der Waals surface area contributed by atoms with Gasteiger partial charge in [-0.15, -0.1) is 0 Å². The van der Waals surface area contributed by atoms with E-state index in [0.717, 1.165) is 28.4 Å². The van der Waals surface area contributed by atoms with Gasteiger partial charge >= 0.3 is 0 Å².